The van der Waals surface area contributed by atoms with Crippen LogP contribution in [0, 0.1) is 6.92 Å². The standard InChI is InChI=1S/C31H29BrN6O2S/c1-20-12-13-26-24(16-20)28-29(38(26)18-22-8-4-3-5-9-22)33-31(35-34-28)41-19-27(39)36-14-15-37(21(2)17-36)30(40)23-10-6-7-11-25(23)32/h3-13,16,21H,14-15,17-19H2,1-2H3. The quantitative estimate of drug-likeness (QED) is 0.229. The van der Waals surface area contributed by atoms with Crippen LogP contribution in [0.1, 0.15) is 28.4 Å². The van der Waals surface area contributed by atoms with E-state index < -0.39 is 0 Å². The van der Waals surface area contributed by atoms with Crippen LogP contribution in [0.5, 0.6) is 0 Å². The molecule has 1 saturated heterocycles. The zero-order valence-electron chi connectivity index (χ0n) is 22.8. The van der Waals surface area contributed by atoms with E-state index in [1.165, 1.54) is 17.3 Å². The van der Waals surface area contributed by atoms with Gasteiger partial charge in [0.1, 0.15) is 5.52 Å². The number of nitrogens with zero attached hydrogens (tertiary/aromatic N) is 6. The van der Waals surface area contributed by atoms with Crippen LogP contribution in [0.15, 0.2) is 82.4 Å². The molecule has 208 valence electrons. The van der Waals surface area contributed by atoms with Crippen molar-refractivity contribution in [3.05, 3.63) is 94.0 Å². The second-order valence-electron chi connectivity index (χ2n) is 10.3. The Hall–Kier alpha value is -3.76. The van der Waals surface area contributed by atoms with E-state index in [9.17, 15) is 9.59 Å². The van der Waals surface area contributed by atoms with Gasteiger partial charge in [-0.2, -0.15) is 0 Å². The van der Waals surface area contributed by atoms with Crippen LogP contribution in [0.25, 0.3) is 22.1 Å². The third kappa shape index (κ3) is 5.58. The summed E-state index contributed by atoms with van der Waals surface area (Å²) in [4.78, 5) is 34.8. The molecule has 0 N–H and O–H groups in total. The molecular formula is C31H29BrN6O2S. The lowest BCUT2D eigenvalue weighted by Gasteiger charge is -2.40. The van der Waals surface area contributed by atoms with E-state index in [1.54, 1.807) is 0 Å². The lowest BCUT2D eigenvalue weighted by atomic mass is 10.1. The van der Waals surface area contributed by atoms with Crippen molar-refractivity contribution >= 4 is 61.6 Å². The molecule has 1 unspecified atom stereocenters. The molecule has 0 spiro atoms. The maximum absolute atomic E-state index is 13.2. The monoisotopic (exact) mass is 628 g/mol. The summed E-state index contributed by atoms with van der Waals surface area (Å²) in [6.45, 7) is 6.16. The van der Waals surface area contributed by atoms with Gasteiger partial charge in [0.25, 0.3) is 5.91 Å². The average Bonchev–Trinajstić information content (AvgIpc) is 3.28. The van der Waals surface area contributed by atoms with Crippen molar-refractivity contribution in [1.82, 2.24) is 29.5 Å². The van der Waals surface area contributed by atoms with Crippen LogP contribution < -0.4 is 0 Å². The Labute approximate surface area is 250 Å². The first-order valence-corrected chi connectivity index (χ1v) is 15.3. The van der Waals surface area contributed by atoms with E-state index in [-0.39, 0.29) is 23.6 Å². The second kappa shape index (κ2) is 11.6. The molecule has 2 aromatic heterocycles. The van der Waals surface area contributed by atoms with Gasteiger partial charge in [0, 0.05) is 42.1 Å². The SMILES string of the molecule is Cc1ccc2c(c1)c1nnc(SCC(=O)N3CCN(C(=O)c4ccccc4Br)C(C)C3)nc1n2Cc1ccccc1. The topological polar surface area (TPSA) is 84.2 Å². The molecule has 1 fully saturated rings. The summed E-state index contributed by atoms with van der Waals surface area (Å²) < 4.78 is 2.94. The minimum Gasteiger partial charge on any atom is -0.338 e. The van der Waals surface area contributed by atoms with Crippen LogP contribution in [0.3, 0.4) is 0 Å². The van der Waals surface area contributed by atoms with E-state index in [1.807, 2.05) is 59.2 Å². The Morgan fingerprint density at radius 3 is 2.56 bits per heavy atom. The molecule has 2 amide bonds. The number of aryl methyl sites for hydroxylation is 1. The zero-order valence-corrected chi connectivity index (χ0v) is 25.2. The molecule has 1 aliphatic heterocycles. The van der Waals surface area contributed by atoms with Crippen LogP contribution >= 0.6 is 27.7 Å². The molecule has 5 aromatic rings. The Morgan fingerprint density at radius 2 is 1.78 bits per heavy atom. The first kappa shape index (κ1) is 27.4. The van der Waals surface area contributed by atoms with E-state index in [0.29, 0.717) is 36.9 Å². The van der Waals surface area contributed by atoms with Crippen LogP contribution in [0.2, 0.25) is 0 Å². The van der Waals surface area contributed by atoms with Gasteiger partial charge >= 0.3 is 0 Å². The molecule has 3 aromatic carbocycles. The van der Waals surface area contributed by atoms with Gasteiger partial charge in [-0.1, -0.05) is 65.9 Å². The number of aromatic nitrogens is 4. The van der Waals surface area contributed by atoms with E-state index >= 15 is 0 Å². The number of thioether (sulfide) groups is 1. The summed E-state index contributed by atoms with van der Waals surface area (Å²) in [7, 11) is 0. The summed E-state index contributed by atoms with van der Waals surface area (Å²) in [5.74, 6) is 0.176. The molecule has 0 aliphatic carbocycles. The molecule has 0 bridgehead atoms. The second-order valence-corrected chi connectivity index (χ2v) is 12.1. The van der Waals surface area contributed by atoms with Crippen molar-refractivity contribution in [2.75, 3.05) is 25.4 Å². The highest BCUT2D eigenvalue weighted by Crippen LogP contribution is 2.29. The van der Waals surface area contributed by atoms with Gasteiger partial charge in [0.05, 0.1) is 16.8 Å². The minimum atomic E-state index is -0.0938. The van der Waals surface area contributed by atoms with Crippen LogP contribution in [-0.4, -0.2) is 72.8 Å². The number of benzene rings is 3. The predicted molar refractivity (Wildman–Crippen MR) is 165 cm³/mol. The largest absolute Gasteiger partial charge is 0.338 e. The van der Waals surface area contributed by atoms with Crippen LogP contribution in [0.4, 0.5) is 0 Å². The van der Waals surface area contributed by atoms with Gasteiger partial charge in [-0.15, -0.1) is 10.2 Å². The number of carbonyl (C=O) groups is 2. The third-order valence-corrected chi connectivity index (χ3v) is 8.97. The average molecular weight is 630 g/mol. The molecule has 41 heavy (non-hydrogen) atoms. The van der Waals surface area contributed by atoms with Crippen molar-refractivity contribution in [2.24, 2.45) is 0 Å². The lowest BCUT2D eigenvalue weighted by molar-refractivity contribution is -0.130. The van der Waals surface area contributed by atoms with Gasteiger partial charge in [0.2, 0.25) is 11.1 Å². The molecule has 3 heterocycles. The van der Waals surface area contributed by atoms with Crippen LogP contribution in [-0.2, 0) is 11.3 Å². The number of carbonyl (C=O) groups excluding carboxylic acids is 2. The molecule has 6 rings (SSSR count). The number of fused-ring (bicyclic) bond motifs is 3. The number of hydrogen-bond acceptors (Lipinski definition) is 6. The third-order valence-electron chi connectivity index (χ3n) is 7.46. The molecule has 8 nitrogen and oxygen atoms in total. The first-order chi connectivity index (χ1) is 19.9. The van der Waals surface area contributed by atoms with Crippen molar-refractivity contribution in [2.45, 2.75) is 31.6 Å². The summed E-state index contributed by atoms with van der Waals surface area (Å²) in [6.07, 6.45) is 0. The molecule has 0 radical (unpaired) electrons. The van der Waals surface area contributed by atoms with Crippen molar-refractivity contribution in [3.63, 3.8) is 0 Å². The fourth-order valence-corrected chi connectivity index (χ4v) is 6.47. The van der Waals surface area contributed by atoms with Crippen molar-refractivity contribution < 1.29 is 9.59 Å². The number of amides is 2. The Kier molecular flexibility index (Phi) is 7.77. The summed E-state index contributed by atoms with van der Waals surface area (Å²) >= 11 is 4.77. The molecule has 1 atom stereocenters. The van der Waals surface area contributed by atoms with Gasteiger partial charge in [-0.3, -0.25) is 9.59 Å². The molecular weight excluding hydrogens is 600 g/mol. The number of rotatable bonds is 6. The minimum absolute atomic E-state index is 0.000934. The van der Waals surface area contributed by atoms with Gasteiger partial charge in [-0.25, -0.2) is 4.98 Å². The summed E-state index contributed by atoms with van der Waals surface area (Å²) in [5.41, 5.74) is 5.52. The van der Waals surface area contributed by atoms with Gasteiger partial charge in [-0.05, 0) is 59.6 Å². The molecule has 1 aliphatic rings. The summed E-state index contributed by atoms with van der Waals surface area (Å²) in [6, 6.07) is 23.9. The Morgan fingerprint density at radius 1 is 1.00 bits per heavy atom. The fourth-order valence-electron chi connectivity index (χ4n) is 5.33. The van der Waals surface area contributed by atoms with E-state index in [2.05, 4.69) is 67.9 Å². The normalized spacial score (nSPS) is 15.5. The summed E-state index contributed by atoms with van der Waals surface area (Å²) in [5, 5.41) is 10.4. The maximum atomic E-state index is 13.2. The van der Waals surface area contributed by atoms with Gasteiger partial charge in [0.15, 0.2) is 5.65 Å². The number of piperazine rings is 1. The Bertz CT molecular complexity index is 1760. The number of hydrogen-bond donors (Lipinski definition) is 0. The van der Waals surface area contributed by atoms with Crippen molar-refractivity contribution in [3.8, 4) is 0 Å². The van der Waals surface area contributed by atoms with Crippen molar-refractivity contribution in [1.29, 1.82) is 0 Å². The molecule has 10 heteroatoms. The fraction of sp³-hybridized carbons (Fsp3) is 0.258. The first-order valence-electron chi connectivity index (χ1n) is 13.5. The highest BCUT2D eigenvalue weighted by molar-refractivity contribution is 9.10. The zero-order chi connectivity index (χ0) is 28.5. The number of halogens is 1. The van der Waals surface area contributed by atoms with E-state index in [4.69, 9.17) is 4.98 Å². The lowest BCUT2D eigenvalue weighted by Crippen LogP contribution is -2.55. The maximum Gasteiger partial charge on any atom is 0.255 e. The highest BCUT2D eigenvalue weighted by Gasteiger charge is 2.31. The molecule has 0 saturated carbocycles. The predicted octanol–water partition coefficient (Wildman–Crippen LogP) is 5.56. The highest BCUT2D eigenvalue weighted by atomic mass is 79.9. The van der Waals surface area contributed by atoms with E-state index in [0.717, 1.165) is 32.1 Å². The van der Waals surface area contributed by atoms with Gasteiger partial charge < -0.3 is 14.4 Å². The Balaban J connectivity index is 1.17. The smallest absolute Gasteiger partial charge is 0.255 e.